The molecule has 1 rings (SSSR count). The molecule has 1 aromatic rings. The van der Waals surface area contributed by atoms with Crippen molar-refractivity contribution in [1.29, 1.82) is 0 Å². The predicted octanol–water partition coefficient (Wildman–Crippen LogP) is 1.17. The molecule has 9 heteroatoms. The fourth-order valence-electron chi connectivity index (χ4n) is 0.848. The smallest absolute Gasteiger partial charge is 0.360 e. The summed E-state index contributed by atoms with van der Waals surface area (Å²) in [4.78, 5) is 0. The Kier molecular flexibility index (Phi) is 3.46. The van der Waals surface area contributed by atoms with Gasteiger partial charge in [-0.1, -0.05) is 0 Å². The molecule has 5 nitrogen and oxygen atoms in total. The van der Waals surface area contributed by atoms with Crippen molar-refractivity contribution in [3.05, 3.63) is 12.3 Å². The van der Waals surface area contributed by atoms with E-state index in [1.54, 1.807) is 0 Å². The molecule has 0 N–H and O–H groups in total. The maximum absolute atomic E-state index is 11.9. The lowest BCUT2D eigenvalue weighted by molar-refractivity contribution is -0.142. The number of hydrogen-bond donors (Lipinski definition) is 0. The van der Waals surface area contributed by atoms with Crippen LogP contribution in [0.2, 0.25) is 0 Å². The van der Waals surface area contributed by atoms with Crippen LogP contribution in [0.1, 0.15) is 6.92 Å². The molecule has 0 aliphatic rings. The first-order valence-corrected chi connectivity index (χ1v) is 5.82. The topological polar surface area (TPSA) is 61.2 Å². The number of halogens is 3. The molecule has 0 atom stereocenters. The maximum atomic E-state index is 11.9. The van der Waals surface area contributed by atoms with Gasteiger partial charge in [0.25, 0.3) is 5.88 Å². The third kappa shape index (κ3) is 4.09. The fraction of sp³-hybridized carbons (Fsp3) is 0.571. The Labute approximate surface area is 89.9 Å². The highest BCUT2D eigenvalue weighted by atomic mass is 32.2. The van der Waals surface area contributed by atoms with Gasteiger partial charge in [-0.05, 0) is 6.92 Å². The van der Waals surface area contributed by atoms with Gasteiger partial charge in [0.2, 0.25) is 0 Å². The van der Waals surface area contributed by atoms with Gasteiger partial charge >= 0.3 is 16.3 Å². The molecule has 1 heterocycles. The highest BCUT2D eigenvalue weighted by Crippen LogP contribution is 2.18. The van der Waals surface area contributed by atoms with Gasteiger partial charge in [-0.25, -0.2) is 0 Å². The summed E-state index contributed by atoms with van der Waals surface area (Å²) in [5, 5.41) is 3.32. The molecule has 0 aliphatic heterocycles. The first-order chi connectivity index (χ1) is 7.22. The van der Waals surface area contributed by atoms with Crippen molar-refractivity contribution in [3.8, 4) is 5.88 Å². The summed E-state index contributed by atoms with van der Waals surface area (Å²) in [6, 6.07) is 1.05. The standard InChI is InChI=1S/C7H9F3N2O3S/c1-2-16(13,14)15-6-3-4-12(11-6)5-7(8,9)10/h3-4H,2,5H2,1H3. The van der Waals surface area contributed by atoms with Crippen molar-refractivity contribution in [2.24, 2.45) is 0 Å². The molecule has 0 saturated heterocycles. The van der Waals surface area contributed by atoms with Gasteiger partial charge in [0, 0.05) is 12.3 Å². The summed E-state index contributed by atoms with van der Waals surface area (Å²) >= 11 is 0. The van der Waals surface area contributed by atoms with E-state index in [0.29, 0.717) is 4.68 Å². The van der Waals surface area contributed by atoms with Gasteiger partial charge in [0.1, 0.15) is 6.54 Å². The van der Waals surface area contributed by atoms with Crippen LogP contribution in [0.15, 0.2) is 12.3 Å². The van der Waals surface area contributed by atoms with E-state index >= 15 is 0 Å². The van der Waals surface area contributed by atoms with Crippen molar-refractivity contribution >= 4 is 10.1 Å². The minimum atomic E-state index is -4.41. The van der Waals surface area contributed by atoms with E-state index in [4.69, 9.17) is 0 Å². The first kappa shape index (κ1) is 12.8. The summed E-state index contributed by atoms with van der Waals surface area (Å²) in [6.45, 7) is 0.0601. The summed E-state index contributed by atoms with van der Waals surface area (Å²) in [5.41, 5.74) is 0. The van der Waals surface area contributed by atoms with E-state index in [0.717, 1.165) is 12.3 Å². The molecule has 0 radical (unpaired) electrons. The van der Waals surface area contributed by atoms with E-state index in [-0.39, 0.29) is 11.6 Å². The number of nitrogens with zero attached hydrogens (tertiary/aromatic N) is 2. The van der Waals surface area contributed by atoms with Gasteiger partial charge in [0.05, 0.1) is 5.75 Å². The van der Waals surface area contributed by atoms with Gasteiger partial charge in [-0.3, -0.25) is 4.68 Å². The van der Waals surface area contributed by atoms with Gasteiger partial charge in [-0.15, -0.1) is 5.10 Å². The van der Waals surface area contributed by atoms with Gasteiger partial charge in [0.15, 0.2) is 0 Å². The zero-order chi connectivity index (χ0) is 12.4. The number of rotatable bonds is 4. The molecule has 0 bridgehead atoms. The summed E-state index contributed by atoms with van der Waals surface area (Å²) in [5.74, 6) is -0.648. The molecule has 0 spiro atoms. The van der Waals surface area contributed by atoms with E-state index in [9.17, 15) is 21.6 Å². The third-order valence-corrected chi connectivity index (χ3v) is 2.66. The first-order valence-electron chi connectivity index (χ1n) is 4.24. The average Bonchev–Trinajstić information content (AvgIpc) is 2.48. The second-order valence-corrected chi connectivity index (χ2v) is 4.76. The molecule has 0 aromatic carbocycles. The molecule has 1 aromatic heterocycles. The van der Waals surface area contributed by atoms with Crippen molar-refractivity contribution in [1.82, 2.24) is 9.78 Å². The van der Waals surface area contributed by atoms with Crippen LogP contribution < -0.4 is 4.18 Å². The van der Waals surface area contributed by atoms with Gasteiger partial charge < -0.3 is 4.18 Å². The van der Waals surface area contributed by atoms with E-state index < -0.39 is 22.8 Å². The Morgan fingerprint density at radius 1 is 1.50 bits per heavy atom. The Morgan fingerprint density at radius 2 is 2.12 bits per heavy atom. The minimum Gasteiger partial charge on any atom is -0.360 e. The quantitative estimate of drug-likeness (QED) is 0.761. The Balaban J connectivity index is 2.73. The predicted molar refractivity (Wildman–Crippen MR) is 48.4 cm³/mol. The monoisotopic (exact) mass is 258 g/mol. The fourth-order valence-corrected chi connectivity index (χ4v) is 1.32. The van der Waals surface area contributed by atoms with Crippen LogP contribution in [0.5, 0.6) is 5.88 Å². The lowest BCUT2D eigenvalue weighted by Crippen LogP contribution is -2.18. The highest BCUT2D eigenvalue weighted by molar-refractivity contribution is 7.87. The SMILES string of the molecule is CCS(=O)(=O)Oc1ccn(CC(F)(F)F)n1. The van der Waals surface area contributed by atoms with Crippen LogP contribution in [-0.4, -0.2) is 30.1 Å². The number of alkyl halides is 3. The molecular weight excluding hydrogens is 249 g/mol. The molecule has 16 heavy (non-hydrogen) atoms. The van der Waals surface area contributed by atoms with Crippen LogP contribution in [-0.2, 0) is 16.7 Å². The largest absolute Gasteiger partial charge is 0.408 e. The lowest BCUT2D eigenvalue weighted by atomic mass is 10.6. The molecular formula is C7H9F3N2O3S. The van der Waals surface area contributed by atoms with Crippen LogP contribution in [0.4, 0.5) is 13.2 Å². The summed E-state index contributed by atoms with van der Waals surface area (Å²) in [6.07, 6.45) is -3.42. The van der Waals surface area contributed by atoms with E-state index in [1.165, 1.54) is 6.92 Å². The molecule has 0 fully saturated rings. The summed E-state index contributed by atoms with van der Waals surface area (Å²) in [7, 11) is -3.76. The summed E-state index contributed by atoms with van der Waals surface area (Å²) < 4.78 is 62.7. The minimum absolute atomic E-state index is 0.279. The second-order valence-electron chi connectivity index (χ2n) is 2.90. The molecule has 92 valence electrons. The van der Waals surface area contributed by atoms with Gasteiger partial charge in [-0.2, -0.15) is 21.6 Å². The maximum Gasteiger partial charge on any atom is 0.408 e. The van der Waals surface area contributed by atoms with Crippen molar-refractivity contribution in [2.75, 3.05) is 5.75 Å². The van der Waals surface area contributed by atoms with Crippen LogP contribution >= 0.6 is 0 Å². The molecule has 0 aliphatic carbocycles. The van der Waals surface area contributed by atoms with Crippen LogP contribution in [0, 0.1) is 0 Å². The molecule has 0 unspecified atom stereocenters. The Morgan fingerprint density at radius 3 is 2.62 bits per heavy atom. The second kappa shape index (κ2) is 4.32. The zero-order valence-corrected chi connectivity index (χ0v) is 9.05. The van der Waals surface area contributed by atoms with E-state index in [2.05, 4.69) is 9.28 Å². The normalized spacial score (nSPS) is 12.8. The van der Waals surface area contributed by atoms with Crippen molar-refractivity contribution < 1.29 is 25.8 Å². The third-order valence-electron chi connectivity index (χ3n) is 1.52. The number of hydrogen-bond acceptors (Lipinski definition) is 4. The molecule has 0 saturated carbocycles. The van der Waals surface area contributed by atoms with Crippen LogP contribution in [0.3, 0.4) is 0 Å². The Hall–Kier alpha value is -1.25. The lowest BCUT2D eigenvalue weighted by Gasteiger charge is -2.05. The van der Waals surface area contributed by atoms with E-state index in [1.807, 2.05) is 0 Å². The molecule has 0 amide bonds. The highest BCUT2D eigenvalue weighted by Gasteiger charge is 2.28. The van der Waals surface area contributed by atoms with Crippen LogP contribution in [0.25, 0.3) is 0 Å². The van der Waals surface area contributed by atoms with Crippen molar-refractivity contribution in [2.45, 2.75) is 19.6 Å². The average molecular weight is 258 g/mol. The zero-order valence-electron chi connectivity index (χ0n) is 8.23. The number of aromatic nitrogens is 2. The Bertz CT molecular complexity index is 452. The van der Waals surface area contributed by atoms with Crippen molar-refractivity contribution in [3.63, 3.8) is 0 Å².